The Balaban J connectivity index is 4.70. The summed E-state index contributed by atoms with van der Waals surface area (Å²) < 4.78 is 5.95. The normalized spacial score (nSPS) is 19.8. The molecule has 4 nitrogen and oxygen atoms in total. The highest BCUT2D eigenvalue weighted by atomic mass is 28.4. The Hall–Kier alpha value is 0.0569. The molecule has 2 unspecified atom stereocenters. The van der Waals surface area contributed by atoms with Crippen LogP contribution in [0.15, 0.2) is 0 Å². The molecule has 0 aliphatic heterocycles. The lowest BCUT2D eigenvalue weighted by molar-refractivity contribution is -0.0446. The third kappa shape index (κ3) is 4.20. The van der Waals surface area contributed by atoms with E-state index in [4.69, 9.17) is 15.9 Å². The van der Waals surface area contributed by atoms with E-state index in [-0.39, 0.29) is 11.6 Å². The molecule has 0 radical (unpaired) electrons. The van der Waals surface area contributed by atoms with Crippen molar-refractivity contribution >= 4 is 8.32 Å². The van der Waals surface area contributed by atoms with Gasteiger partial charge in [-0.05, 0) is 25.1 Å². The van der Waals surface area contributed by atoms with Crippen LogP contribution in [0.4, 0.5) is 0 Å². The van der Waals surface area contributed by atoms with E-state index in [1.165, 1.54) is 6.92 Å². The summed E-state index contributed by atoms with van der Waals surface area (Å²) in [6.45, 7) is 12.4. The number of nitrogens with two attached hydrogens (primary N) is 2. The molecule has 0 rings (SSSR count). The topological polar surface area (TPSA) is 81.5 Å². The largest absolute Gasteiger partial charge is 0.408 e. The summed E-state index contributed by atoms with van der Waals surface area (Å²) in [6.07, 6.45) is -0.501. The summed E-state index contributed by atoms with van der Waals surface area (Å²) in [5.74, 6) is 0. The second-order valence-electron chi connectivity index (χ2n) is 5.83. The summed E-state index contributed by atoms with van der Waals surface area (Å²) in [5, 5.41) is 9.79. The van der Waals surface area contributed by atoms with Crippen LogP contribution in [-0.4, -0.2) is 31.8 Å². The van der Waals surface area contributed by atoms with E-state index in [2.05, 4.69) is 33.9 Å². The first-order valence-electron chi connectivity index (χ1n) is 5.31. The summed E-state index contributed by atoms with van der Waals surface area (Å²) in [7, 11) is -1.92. The number of hydrogen-bond acceptors (Lipinski definition) is 4. The van der Waals surface area contributed by atoms with Crippen LogP contribution in [0, 0.1) is 0 Å². The Morgan fingerprint density at radius 3 is 1.87 bits per heavy atom. The van der Waals surface area contributed by atoms with Crippen LogP contribution in [-0.2, 0) is 4.43 Å². The first-order chi connectivity index (χ1) is 6.42. The molecule has 0 saturated heterocycles. The molecule has 0 fully saturated rings. The minimum Gasteiger partial charge on any atom is -0.408 e. The minimum atomic E-state index is -1.92. The Morgan fingerprint density at radius 2 is 1.67 bits per heavy atom. The van der Waals surface area contributed by atoms with E-state index in [1.807, 2.05) is 0 Å². The molecule has 0 heterocycles. The molecule has 5 heteroatoms. The summed E-state index contributed by atoms with van der Waals surface area (Å²) in [6, 6.07) is 0. The number of aliphatic hydroxyl groups is 1. The lowest BCUT2D eigenvalue weighted by atomic mass is 10.1. The van der Waals surface area contributed by atoms with Crippen molar-refractivity contribution in [1.82, 2.24) is 0 Å². The van der Waals surface area contributed by atoms with E-state index >= 15 is 0 Å². The summed E-state index contributed by atoms with van der Waals surface area (Å²) in [5.41, 5.74) is 9.81. The zero-order chi connectivity index (χ0) is 12.5. The van der Waals surface area contributed by atoms with Crippen molar-refractivity contribution < 1.29 is 9.53 Å². The van der Waals surface area contributed by atoms with Gasteiger partial charge in [0.2, 0.25) is 0 Å². The van der Waals surface area contributed by atoms with Gasteiger partial charge >= 0.3 is 0 Å². The average Bonchev–Trinajstić information content (AvgIpc) is 1.95. The van der Waals surface area contributed by atoms with Crippen molar-refractivity contribution in [2.45, 2.75) is 57.7 Å². The van der Waals surface area contributed by atoms with E-state index in [9.17, 15) is 5.11 Å². The molecule has 0 aromatic rings. The summed E-state index contributed by atoms with van der Waals surface area (Å²) >= 11 is 0. The standard InChI is InChI=1S/C10H26N2O2Si/c1-9(2,3)15(5,6)14-8(7-11)10(4,12)13/h8,13H,7,11-12H2,1-6H3. The van der Waals surface area contributed by atoms with Gasteiger partial charge in [-0.15, -0.1) is 0 Å². The van der Waals surface area contributed by atoms with Gasteiger partial charge in [-0.2, -0.15) is 0 Å². The molecule has 2 atom stereocenters. The second-order valence-corrected chi connectivity index (χ2v) is 10.6. The maximum atomic E-state index is 9.70. The molecule has 92 valence electrons. The highest BCUT2D eigenvalue weighted by Crippen LogP contribution is 2.37. The molecule has 0 spiro atoms. The predicted octanol–water partition coefficient (Wildman–Crippen LogP) is 1.00. The number of rotatable bonds is 4. The van der Waals surface area contributed by atoms with E-state index in [0.717, 1.165) is 0 Å². The molecular formula is C10H26N2O2Si. The Bertz CT molecular complexity index is 206. The fraction of sp³-hybridized carbons (Fsp3) is 1.00. The molecule has 0 aliphatic carbocycles. The fourth-order valence-electron chi connectivity index (χ4n) is 0.938. The zero-order valence-electron chi connectivity index (χ0n) is 10.8. The van der Waals surface area contributed by atoms with Gasteiger partial charge < -0.3 is 21.0 Å². The lowest BCUT2D eigenvalue weighted by Gasteiger charge is -2.42. The van der Waals surface area contributed by atoms with Gasteiger partial charge in [-0.1, -0.05) is 20.8 Å². The van der Waals surface area contributed by atoms with Crippen LogP contribution in [0.5, 0.6) is 0 Å². The molecule has 0 aromatic carbocycles. The zero-order valence-corrected chi connectivity index (χ0v) is 11.8. The predicted molar refractivity (Wildman–Crippen MR) is 65.9 cm³/mol. The highest BCUT2D eigenvalue weighted by molar-refractivity contribution is 6.74. The van der Waals surface area contributed by atoms with Crippen molar-refractivity contribution in [3.63, 3.8) is 0 Å². The van der Waals surface area contributed by atoms with Crippen molar-refractivity contribution in [3.8, 4) is 0 Å². The molecular weight excluding hydrogens is 208 g/mol. The Morgan fingerprint density at radius 1 is 1.27 bits per heavy atom. The minimum absolute atomic E-state index is 0.0890. The quantitative estimate of drug-likeness (QED) is 0.501. The van der Waals surface area contributed by atoms with Crippen LogP contribution >= 0.6 is 0 Å². The maximum Gasteiger partial charge on any atom is 0.192 e. The van der Waals surface area contributed by atoms with Crippen molar-refractivity contribution in [2.75, 3.05) is 6.54 Å². The molecule has 0 amide bonds. The van der Waals surface area contributed by atoms with Gasteiger partial charge in [-0.25, -0.2) is 0 Å². The van der Waals surface area contributed by atoms with E-state index in [1.54, 1.807) is 0 Å². The van der Waals surface area contributed by atoms with Gasteiger partial charge in [0.1, 0.15) is 5.72 Å². The second kappa shape index (κ2) is 4.51. The van der Waals surface area contributed by atoms with Gasteiger partial charge in [-0.3, -0.25) is 0 Å². The first-order valence-corrected chi connectivity index (χ1v) is 8.22. The molecule has 15 heavy (non-hydrogen) atoms. The van der Waals surface area contributed by atoms with Crippen LogP contribution in [0.1, 0.15) is 27.7 Å². The first kappa shape index (κ1) is 15.1. The number of hydrogen-bond donors (Lipinski definition) is 3. The van der Waals surface area contributed by atoms with Gasteiger partial charge in [0.25, 0.3) is 0 Å². The van der Waals surface area contributed by atoms with E-state index in [0.29, 0.717) is 0 Å². The summed E-state index contributed by atoms with van der Waals surface area (Å²) in [4.78, 5) is 0. The maximum absolute atomic E-state index is 9.70. The molecule has 0 bridgehead atoms. The molecule has 0 saturated carbocycles. The fourth-order valence-corrected chi connectivity index (χ4v) is 2.34. The lowest BCUT2D eigenvalue weighted by Crippen LogP contribution is -2.58. The molecule has 0 aliphatic rings. The SMILES string of the molecule is CC(N)(O)C(CN)O[Si](C)(C)C(C)(C)C. The van der Waals surface area contributed by atoms with Crippen LogP contribution in [0.3, 0.4) is 0 Å². The third-order valence-corrected chi connectivity index (χ3v) is 7.60. The van der Waals surface area contributed by atoms with Crippen molar-refractivity contribution in [2.24, 2.45) is 11.5 Å². The molecule has 0 aromatic heterocycles. The van der Waals surface area contributed by atoms with E-state index < -0.39 is 20.1 Å². The van der Waals surface area contributed by atoms with Gasteiger partial charge in [0.15, 0.2) is 8.32 Å². The monoisotopic (exact) mass is 234 g/mol. The smallest absolute Gasteiger partial charge is 0.192 e. The van der Waals surface area contributed by atoms with Gasteiger partial charge in [0, 0.05) is 6.54 Å². The van der Waals surface area contributed by atoms with Crippen molar-refractivity contribution in [3.05, 3.63) is 0 Å². The third-order valence-electron chi connectivity index (χ3n) is 3.11. The van der Waals surface area contributed by atoms with Gasteiger partial charge in [0.05, 0.1) is 6.10 Å². The highest BCUT2D eigenvalue weighted by Gasteiger charge is 2.42. The van der Waals surface area contributed by atoms with Crippen molar-refractivity contribution in [1.29, 1.82) is 0 Å². The van der Waals surface area contributed by atoms with Crippen LogP contribution in [0.2, 0.25) is 18.1 Å². The molecule has 5 N–H and O–H groups in total. The van der Waals surface area contributed by atoms with Crippen LogP contribution in [0.25, 0.3) is 0 Å². The van der Waals surface area contributed by atoms with Crippen LogP contribution < -0.4 is 11.5 Å². The Labute approximate surface area is 94.1 Å². The Kier molecular flexibility index (Phi) is 4.52. The average molecular weight is 234 g/mol.